The molecule has 0 aromatic rings. The molecule has 0 radical (unpaired) electrons. The first-order valence-electron chi connectivity index (χ1n) is 7.40. The molecule has 2 rings (SSSR count). The van der Waals surface area contributed by atoms with E-state index in [1.807, 2.05) is 20.8 Å². The van der Waals surface area contributed by atoms with Crippen molar-refractivity contribution in [2.24, 2.45) is 11.3 Å². The molecule has 0 aromatic heterocycles. The maximum absolute atomic E-state index is 12.0. The highest BCUT2D eigenvalue weighted by Gasteiger charge is 2.48. The molecule has 0 aromatic carbocycles. The normalized spacial score (nSPS) is 25.1. The van der Waals surface area contributed by atoms with Gasteiger partial charge in [0.1, 0.15) is 5.60 Å². The average Bonchev–Trinajstić information content (AvgIpc) is 2.33. The van der Waals surface area contributed by atoms with E-state index in [1.165, 1.54) is 0 Å². The second-order valence-corrected chi connectivity index (χ2v) is 7.14. The van der Waals surface area contributed by atoms with Crippen LogP contribution in [0.2, 0.25) is 0 Å². The van der Waals surface area contributed by atoms with Crippen molar-refractivity contribution in [3.63, 3.8) is 0 Å². The fourth-order valence-electron chi connectivity index (χ4n) is 3.40. The zero-order valence-corrected chi connectivity index (χ0v) is 12.6. The van der Waals surface area contributed by atoms with Gasteiger partial charge < -0.3 is 19.5 Å². The maximum Gasteiger partial charge on any atom is 0.410 e. The van der Waals surface area contributed by atoms with E-state index in [1.54, 1.807) is 4.90 Å². The summed E-state index contributed by atoms with van der Waals surface area (Å²) in [5, 5.41) is 10.8. The molecule has 2 fully saturated rings. The van der Waals surface area contributed by atoms with Gasteiger partial charge in [0, 0.05) is 19.1 Å². The SMILES string of the molecule is CC(C)(C)OC(=O)N1CCC2(CCC2CC(=O)[O-])CC1. The Morgan fingerprint density at radius 3 is 2.25 bits per heavy atom. The molecule has 1 saturated carbocycles. The van der Waals surface area contributed by atoms with E-state index in [9.17, 15) is 14.7 Å². The van der Waals surface area contributed by atoms with Crippen LogP contribution >= 0.6 is 0 Å². The highest BCUT2D eigenvalue weighted by atomic mass is 16.6. The van der Waals surface area contributed by atoms with Crippen molar-refractivity contribution in [2.45, 2.75) is 58.5 Å². The lowest BCUT2D eigenvalue weighted by Crippen LogP contribution is -2.52. The van der Waals surface area contributed by atoms with Crippen LogP contribution in [0.4, 0.5) is 4.79 Å². The molecule has 1 saturated heterocycles. The molecule has 1 aliphatic carbocycles. The van der Waals surface area contributed by atoms with Gasteiger partial charge in [-0.3, -0.25) is 0 Å². The first-order chi connectivity index (χ1) is 9.22. The summed E-state index contributed by atoms with van der Waals surface area (Å²) in [7, 11) is 0. The van der Waals surface area contributed by atoms with E-state index in [4.69, 9.17) is 4.74 Å². The number of hydrogen-bond acceptors (Lipinski definition) is 4. The van der Waals surface area contributed by atoms with E-state index in [2.05, 4.69) is 0 Å². The third kappa shape index (κ3) is 3.25. The van der Waals surface area contributed by atoms with Crippen LogP contribution in [0.1, 0.15) is 52.9 Å². The number of carbonyl (C=O) groups is 2. The molecule has 1 spiro atoms. The van der Waals surface area contributed by atoms with Gasteiger partial charge in [0.2, 0.25) is 0 Å². The van der Waals surface area contributed by atoms with Gasteiger partial charge in [-0.25, -0.2) is 4.79 Å². The maximum atomic E-state index is 12.0. The first-order valence-corrected chi connectivity index (χ1v) is 7.40. The van der Waals surface area contributed by atoms with Crippen molar-refractivity contribution in [2.75, 3.05) is 13.1 Å². The fraction of sp³-hybridized carbons (Fsp3) is 0.867. The van der Waals surface area contributed by atoms with Crippen LogP contribution in [-0.4, -0.2) is 35.7 Å². The minimum atomic E-state index is -0.955. The van der Waals surface area contributed by atoms with Crippen LogP contribution in [-0.2, 0) is 9.53 Å². The number of carbonyl (C=O) groups excluding carboxylic acids is 2. The molecule has 5 heteroatoms. The van der Waals surface area contributed by atoms with Crippen molar-refractivity contribution >= 4 is 12.1 Å². The van der Waals surface area contributed by atoms with Gasteiger partial charge in [0.15, 0.2) is 0 Å². The molecule has 2 aliphatic rings. The Morgan fingerprint density at radius 1 is 1.25 bits per heavy atom. The molecule has 1 unspecified atom stereocenters. The fourth-order valence-corrected chi connectivity index (χ4v) is 3.40. The van der Waals surface area contributed by atoms with Crippen molar-refractivity contribution < 1.29 is 19.4 Å². The van der Waals surface area contributed by atoms with Crippen LogP contribution in [0.5, 0.6) is 0 Å². The summed E-state index contributed by atoms with van der Waals surface area (Å²) in [6.07, 6.45) is 3.71. The second-order valence-electron chi connectivity index (χ2n) is 7.14. The third-order valence-corrected chi connectivity index (χ3v) is 4.68. The van der Waals surface area contributed by atoms with Crippen LogP contribution < -0.4 is 5.11 Å². The van der Waals surface area contributed by atoms with Gasteiger partial charge in [-0.2, -0.15) is 0 Å². The molecule has 1 aliphatic heterocycles. The summed E-state index contributed by atoms with van der Waals surface area (Å²) >= 11 is 0. The van der Waals surface area contributed by atoms with E-state index < -0.39 is 11.6 Å². The largest absolute Gasteiger partial charge is 0.550 e. The summed E-state index contributed by atoms with van der Waals surface area (Å²) in [5.41, 5.74) is -0.348. The van der Waals surface area contributed by atoms with Crippen molar-refractivity contribution in [3.8, 4) is 0 Å². The second kappa shape index (κ2) is 5.26. The van der Waals surface area contributed by atoms with E-state index in [-0.39, 0.29) is 23.8 Å². The number of carboxylic acid groups (broad SMARTS) is 1. The Bertz CT molecular complexity index is 391. The summed E-state index contributed by atoms with van der Waals surface area (Å²) < 4.78 is 5.37. The Kier molecular flexibility index (Phi) is 3.98. The number of amides is 1. The molecular weight excluding hydrogens is 258 g/mol. The summed E-state index contributed by atoms with van der Waals surface area (Å²) in [6.45, 7) is 6.91. The number of piperidine rings is 1. The van der Waals surface area contributed by atoms with Crippen molar-refractivity contribution in [1.29, 1.82) is 0 Å². The van der Waals surface area contributed by atoms with Crippen LogP contribution in [0.3, 0.4) is 0 Å². The smallest absolute Gasteiger partial charge is 0.410 e. The van der Waals surface area contributed by atoms with Gasteiger partial charge in [-0.1, -0.05) is 0 Å². The number of rotatable bonds is 2. The lowest BCUT2D eigenvalue weighted by Gasteiger charge is -2.54. The summed E-state index contributed by atoms with van der Waals surface area (Å²) in [6, 6.07) is 0. The van der Waals surface area contributed by atoms with E-state index >= 15 is 0 Å². The Labute approximate surface area is 120 Å². The zero-order chi connectivity index (χ0) is 15.0. The molecule has 0 N–H and O–H groups in total. The van der Waals surface area contributed by atoms with Gasteiger partial charge in [-0.05, 0) is 64.2 Å². The standard InChI is InChI=1S/C15H25NO4/c1-14(2,3)20-13(19)16-8-6-15(7-9-16)5-4-11(15)10-12(17)18/h11H,4-10H2,1-3H3,(H,17,18)/p-1. The quantitative estimate of drug-likeness (QED) is 0.770. The molecule has 0 bridgehead atoms. The molecule has 20 heavy (non-hydrogen) atoms. The van der Waals surface area contributed by atoms with E-state index in [0.717, 1.165) is 25.7 Å². The Morgan fingerprint density at radius 2 is 1.85 bits per heavy atom. The van der Waals surface area contributed by atoms with Crippen LogP contribution in [0.25, 0.3) is 0 Å². The molecular formula is C15H24NO4-. The lowest BCUT2D eigenvalue weighted by atomic mass is 9.54. The first kappa shape index (κ1) is 15.1. The number of carboxylic acids is 1. The number of nitrogens with zero attached hydrogens (tertiary/aromatic N) is 1. The number of ether oxygens (including phenoxy) is 1. The van der Waals surface area contributed by atoms with Gasteiger partial charge in [0.05, 0.1) is 0 Å². The van der Waals surface area contributed by atoms with Crippen molar-refractivity contribution in [1.82, 2.24) is 4.90 Å². The highest BCUT2D eigenvalue weighted by molar-refractivity contribution is 5.68. The minimum absolute atomic E-state index is 0.124. The van der Waals surface area contributed by atoms with Gasteiger partial charge in [0.25, 0.3) is 0 Å². The topological polar surface area (TPSA) is 69.7 Å². The summed E-state index contributed by atoms with van der Waals surface area (Å²) in [5.74, 6) is -0.725. The molecule has 1 atom stereocenters. The number of hydrogen-bond donors (Lipinski definition) is 0. The number of aliphatic carboxylic acids is 1. The molecule has 1 amide bonds. The molecule has 5 nitrogen and oxygen atoms in total. The van der Waals surface area contributed by atoms with Crippen LogP contribution in [0, 0.1) is 11.3 Å². The van der Waals surface area contributed by atoms with Crippen molar-refractivity contribution in [3.05, 3.63) is 0 Å². The number of likely N-dealkylation sites (tertiary alicyclic amines) is 1. The van der Waals surface area contributed by atoms with Gasteiger partial charge >= 0.3 is 6.09 Å². The average molecular weight is 282 g/mol. The highest BCUT2D eigenvalue weighted by Crippen LogP contribution is 2.55. The van der Waals surface area contributed by atoms with Gasteiger partial charge in [-0.15, -0.1) is 0 Å². The predicted molar refractivity (Wildman–Crippen MR) is 71.8 cm³/mol. The Balaban J connectivity index is 1.86. The minimum Gasteiger partial charge on any atom is -0.550 e. The molecule has 114 valence electrons. The molecule has 1 heterocycles. The lowest BCUT2D eigenvalue weighted by molar-refractivity contribution is -0.309. The van der Waals surface area contributed by atoms with E-state index in [0.29, 0.717) is 13.1 Å². The monoisotopic (exact) mass is 282 g/mol. The predicted octanol–water partition coefficient (Wildman–Crippen LogP) is 1.55. The van der Waals surface area contributed by atoms with Crippen LogP contribution in [0.15, 0.2) is 0 Å². The summed E-state index contributed by atoms with van der Waals surface area (Å²) in [4.78, 5) is 24.5. The Hall–Kier alpha value is -1.26. The third-order valence-electron chi connectivity index (χ3n) is 4.68. The zero-order valence-electron chi connectivity index (χ0n) is 12.6.